The highest BCUT2D eigenvalue weighted by molar-refractivity contribution is 6.37. The predicted octanol–water partition coefficient (Wildman–Crippen LogP) is 0.303. The molecule has 0 saturated carbocycles. The van der Waals surface area contributed by atoms with Gasteiger partial charge in [-0.15, -0.1) is 0 Å². The summed E-state index contributed by atoms with van der Waals surface area (Å²) in [5.41, 5.74) is 2.67. The van der Waals surface area contributed by atoms with Crippen LogP contribution in [0.2, 0.25) is 0 Å². The van der Waals surface area contributed by atoms with Crippen molar-refractivity contribution in [1.29, 1.82) is 0 Å². The van der Waals surface area contributed by atoms with Gasteiger partial charge in [-0.25, -0.2) is 4.79 Å². The summed E-state index contributed by atoms with van der Waals surface area (Å²) in [6.45, 7) is 0. The first kappa shape index (κ1) is 10.2. The van der Waals surface area contributed by atoms with Gasteiger partial charge in [-0.05, 0) is 12.1 Å². The zero-order chi connectivity index (χ0) is 10.4. The van der Waals surface area contributed by atoms with Crippen molar-refractivity contribution in [2.45, 2.75) is 0 Å². The van der Waals surface area contributed by atoms with Crippen LogP contribution in [0, 0.1) is 0 Å². The molecule has 0 radical (unpaired) electrons. The highest BCUT2D eigenvalue weighted by Gasteiger charge is 2.14. The Balaban J connectivity index is 2.53. The zero-order valence-electron chi connectivity index (χ0n) is 7.61. The van der Waals surface area contributed by atoms with Gasteiger partial charge in [0, 0.05) is 12.7 Å². The van der Waals surface area contributed by atoms with Gasteiger partial charge in [0.15, 0.2) is 0 Å². The molecule has 0 fully saturated rings. The maximum atomic E-state index is 11.1. The number of benzene rings is 1. The Morgan fingerprint density at radius 1 is 1.21 bits per heavy atom. The van der Waals surface area contributed by atoms with Crippen LogP contribution in [0.3, 0.4) is 0 Å². The molecule has 1 aromatic rings. The van der Waals surface area contributed by atoms with Crippen molar-refractivity contribution in [3.63, 3.8) is 0 Å². The lowest BCUT2D eigenvalue weighted by Crippen LogP contribution is -2.28. The maximum absolute atomic E-state index is 11.1. The summed E-state index contributed by atoms with van der Waals surface area (Å²) in [4.78, 5) is 26.2. The number of nitrogens with one attached hydrogen (secondary N) is 2. The van der Waals surface area contributed by atoms with E-state index in [4.69, 9.17) is 0 Å². The standard InChI is InChI=1S/C9H10N2O3/c1-10-14-9(13)8(12)11-7-5-3-2-4-6-7/h2-6,10H,1H3,(H,11,12). The number of hydrogen-bond acceptors (Lipinski definition) is 4. The summed E-state index contributed by atoms with van der Waals surface area (Å²) < 4.78 is 0. The van der Waals surface area contributed by atoms with Crippen LogP contribution in [-0.4, -0.2) is 18.9 Å². The minimum absolute atomic E-state index is 0.547. The van der Waals surface area contributed by atoms with Gasteiger partial charge in [0.2, 0.25) is 0 Å². The summed E-state index contributed by atoms with van der Waals surface area (Å²) in [6.07, 6.45) is 0. The first-order valence-electron chi connectivity index (χ1n) is 3.98. The third-order valence-electron chi connectivity index (χ3n) is 1.41. The molecule has 1 rings (SSSR count). The zero-order valence-corrected chi connectivity index (χ0v) is 7.61. The third kappa shape index (κ3) is 2.87. The Morgan fingerprint density at radius 2 is 1.86 bits per heavy atom. The van der Waals surface area contributed by atoms with E-state index in [9.17, 15) is 9.59 Å². The quantitative estimate of drug-likeness (QED) is 0.525. The summed E-state index contributed by atoms with van der Waals surface area (Å²) >= 11 is 0. The molecule has 0 aliphatic rings. The predicted molar refractivity (Wildman–Crippen MR) is 50.2 cm³/mol. The summed E-state index contributed by atoms with van der Waals surface area (Å²) in [6, 6.07) is 8.65. The van der Waals surface area contributed by atoms with E-state index in [-0.39, 0.29) is 0 Å². The second-order valence-electron chi connectivity index (χ2n) is 2.41. The van der Waals surface area contributed by atoms with E-state index in [1.165, 1.54) is 7.05 Å². The van der Waals surface area contributed by atoms with E-state index in [2.05, 4.69) is 15.6 Å². The topological polar surface area (TPSA) is 67.4 Å². The largest absolute Gasteiger partial charge is 0.415 e. The van der Waals surface area contributed by atoms with E-state index in [1.54, 1.807) is 24.3 Å². The average molecular weight is 194 g/mol. The number of carbonyl (C=O) groups excluding carboxylic acids is 2. The Bertz CT molecular complexity index is 324. The third-order valence-corrected chi connectivity index (χ3v) is 1.41. The lowest BCUT2D eigenvalue weighted by Gasteiger charge is -2.03. The minimum atomic E-state index is -0.976. The van der Waals surface area contributed by atoms with Gasteiger partial charge in [0.1, 0.15) is 0 Å². The fourth-order valence-electron chi connectivity index (χ4n) is 0.843. The number of para-hydroxylation sites is 1. The van der Waals surface area contributed by atoms with Gasteiger partial charge in [0.05, 0.1) is 0 Å². The molecular weight excluding hydrogens is 184 g/mol. The van der Waals surface area contributed by atoms with Gasteiger partial charge >= 0.3 is 11.9 Å². The number of carbonyl (C=O) groups is 2. The summed E-state index contributed by atoms with van der Waals surface area (Å²) in [5, 5.41) is 2.37. The lowest BCUT2D eigenvalue weighted by atomic mass is 10.3. The molecule has 1 amide bonds. The Labute approximate surface area is 81.0 Å². The highest BCUT2D eigenvalue weighted by atomic mass is 16.7. The van der Waals surface area contributed by atoms with Gasteiger partial charge in [0.25, 0.3) is 0 Å². The van der Waals surface area contributed by atoms with Gasteiger partial charge in [-0.3, -0.25) is 4.79 Å². The molecule has 0 atom stereocenters. The Morgan fingerprint density at radius 3 is 2.43 bits per heavy atom. The minimum Gasteiger partial charge on any atom is -0.363 e. The smallest absolute Gasteiger partial charge is 0.363 e. The monoisotopic (exact) mass is 194 g/mol. The van der Waals surface area contributed by atoms with E-state index in [1.807, 2.05) is 6.07 Å². The summed E-state index contributed by atoms with van der Waals surface area (Å²) in [7, 11) is 1.40. The number of amides is 1. The second kappa shape index (κ2) is 4.98. The van der Waals surface area contributed by atoms with Crippen molar-refractivity contribution in [3.8, 4) is 0 Å². The molecule has 0 saturated heterocycles. The van der Waals surface area contributed by atoms with E-state index < -0.39 is 11.9 Å². The molecule has 1 aromatic carbocycles. The van der Waals surface area contributed by atoms with Crippen LogP contribution in [0.15, 0.2) is 30.3 Å². The SMILES string of the molecule is CNOC(=O)C(=O)Nc1ccccc1. The Hall–Kier alpha value is -1.88. The van der Waals surface area contributed by atoms with E-state index in [0.29, 0.717) is 5.69 Å². The molecule has 0 unspecified atom stereocenters. The van der Waals surface area contributed by atoms with E-state index >= 15 is 0 Å². The van der Waals surface area contributed by atoms with Crippen molar-refractivity contribution in [2.24, 2.45) is 0 Å². The van der Waals surface area contributed by atoms with Gasteiger partial charge in [-0.2, -0.15) is 5.48 Å². The van der Waals surface area contributed by atoms with Crippen molar-refractivity contribution in [3.05, 3.63) is 30.3 Å². The summed E-state index contributed by atoms with van der Waals surface area (Å²) in [5.74, 6) is -1.79. The second-order valence-corrected chi connectivity index (χ2v) is 2.41. The first-order valence-corrected chi connectivity index (χ1v) is 3.98. The molecule has 74 valence electrons. The van der Waals surface area contributed by atoms with Crippen molar-refractivity contribution in [2.75, 3.05) is 12.4 Å². The fraction of sp³-hybridized carbons (Fsp3) is 0.111. The molecule has 5 heteroatoms. The molecule has 0 spiro atoms. The first-order chi connectivity index (χ1) is 6.74. The number of anilines is 1. The van der Waals surface area contributed by atoms with Crippen molar-refractivity contribution >= 4 is 17.6 Å². The maximum Gasteiger partial charge on any atom is 0.415 e. The van der Waals surface area contributed by atoms with E-state index in [0.717, 1.165) is 0 Å². The van der Waals surface area contributed by atoms with Crippen LogP contribution in [-0.2, 0) is 14.4 Å². The lowest BCUT2D eigenvalue weighted by molar-refractivity contribution is -0.157. The molecule has 14 heavy (non-hydrogen) atoms. The van der Waals surface area contributed by atoms with Gasteiger partial charge < -0.3 is 10.2 Å². The molecule has 0 heterocycles. The normalized spacial score (nSPS) is 9.21. The molecule has 5 nitrogen and oxygen atoms in total. The molecule has 0 aromatic heterocycles. The fourth-order valence-corrected chi connectivity index (χ4v) is 0.843. The molecular formula is C9H10N2O3. The van der Waals surface area contributed by atoms with Crippen molar-refractivity contribution < 1.29 is 14.4 Å². The van der Waals surface area contributed by atoms with Crippen LogP contribution < -0.4 is 10.8 Å². The van der Waals surface area contributed by atoms with Crippen LogP contribution in [0.5, 0.6) is 0 Å². The average Bonchev–Trinajstić information content (AvgIpc) is 2.19. The van der Waals surface area contributed by atoms with Crippen LogP contribution in [0.4, 0.5) is 5.69 Å². The molecule has 0 aliphatic heterocycles. The highest BCUT2D eigenvalue weighted by Crippen LogP contribution is 2.04. The molecule has 0 bridgehead atoms. The Kier molecular flexibility index (Phi) is 3.63. The van der Waals surface area contributed by atoms with Crippen LogP contribution in [0.1, 0.15) is 0 Å². The van der Waals surface area contributed by atoms with Crippen LogP contribution >= 0.6 is 0 Å². The number of hydroxylamine groups is 1. The van der Waals surface area contributed by atoms with Gasteiger partial charge in [-0.1, -0.05) is 18.2 Å². The molecule has 0 aliphatic carbocycles. The van der Waals surface area contributed by atoms with Crippen LogP contribution in [0.25, 0.3) is 0 Å². The van der Waals surface area contributed by atoms with Crippen molar-refractivity contribution in [1.82, 2.24) is 5.48 Å². The molecule has 2 N–H and O–H groups in total. The number of rotatable bonds is 2. The number of hydrogen-bond donors (Lipinski definition) is 2.